The predicted molar refractivity (Wildman–Crippen MR) is 183 cm³/mol. The van der Waals surface area contributed by atoms with Crippen molar-refractivity contribution in [1.82, 2.24) is 4.98 Å². The molecule has 0 aliphatic carbocycles. The summed E-state index contributed by atoms with van der Waals surface area (Å²) in [6.07, 6.45) is 0. The summed E-state index contributed by atoms with van der Waals surface area (Å²) < 4.78 is 17.3. The molecule has 0 saturated carbocycles. The molecule has 1 amide bonds. The van der Waals surface area contributed by atoms with E-state index in [9.17, 15) is 19.5 Å². The number of benzene rings is 4. The summed E-state index contributed by atoms with van der Waals surface area (Å²) in [4.78, 5) is 46.2. The lowest BCUT2D eigenvalue weighted by Gasteiger charge is -2.23. The van der Waals surface area contributed by atoms with Crippen LogP contribution in [0.4, 0.5) is 5.13 Å². The Bertz CT molecular complexity index is 2020. The zero-order chi connectivity index (χ0) is 33.8. The van der Waals surface area contributed by atoms with Gasteiger partial charge < -0.3 is 19.3 Å². The number of ketones is 1. The number of hydrogen-bond acceptors (Lipinski definition) is 9. The Morgan fingerprint density at radius 2 is 1.60 bits per heavy atom. The largest absolute Gasteiger partial charge is 0.507 e. The van der Waals surface area contributed by atoms with Gasteiger partial charge in [0.25, 0.3) is 5.78 Å². The highest BCUT2D eigenvalue weighted by Crippen LogP contribution is 2.45. The summed E-state index contributed by atoms with van der Waals surface area (Å²) in [6.45, 7) is 5.70. The van der Waals surface area contributed by atoms with Gasteiger partial charge in [-0.1, -0.05) is 72.0 Å². The minimum Gasteiger partial charge on any atom is -0.507 e. The number of anilines is 1. The van der Waals surface area contributed by atoms with Gasteiger partial charge in [-0.05, 0) is 79.9 Å². The van der Waals surface area contributed by atoms with Crippen LogP contribution in [0.5, 0.6) is 17.2 Å². The number of aliphatic hydroxyl groups excluding tert-OH is 1. The van der Waals surface area contributed by atoms with E-state index < -0.39 is 23.7 Å². The number of aromatic nitrogens is 1. The van der Waals surface area contributed by atoms with Gasteiger partial charge in [0.1, 0.15) is 34.5 Å². The number of carbonyl (C=O) groups excluding carboxylic acids is 3. The molecule has 6 rings (SSSR count). The molecule has 1 fully saturated rings. The summed E-state index contributed by atoms with van der Waals surface area (Å²) in [6, 6.07) is 29.9. The first-order chi connectivity index (χ1) is 23.2. The Balaban J connectivity index is 1.42. The van der Waals surface area contributed by atoms with Crippen LogP contribution in [0.25, 0.3) is 5.76 Å². The molecule has 1 saturated heterocycles. The van der Waals surface area contributed by atoms with Gasteiger partial charge >= 0.3 is 11.9 Å². The summed E-state index contributed by atoms with van der Waals surface area (Å²) in [7, 11) is 0. The maximum atomic E-state index is 13.8. The molecule has 1 aliphatic heterocycles. The molecule has 5 aromatic rings. The van der Waals surface area contributed by atoms with Crippen molar-refractivity contribution < 1.29 is 33.7 Å². The number of Topliss-reactive ketones (excluding diaryl/α,β-unsaturated/α-hetero) is 1. The van der Waals surface area contributed by atoms with Crippen molar-refractivity contribution in [2.75, 3.05) is 11.5 Å². The number of ether oxygens (including phenoxy) is 3. The number of esters is 1. The van der Waals surface area contributed by atoms with E-state index >= 15 is 0 Å². The molecule has 9 nitrogen and oxygen atoms in total. The second-order valence-electron chi connectivity index (χ2n) is 11.0. The molecule has 0 radical (unpaired) electrons. The van der Waals surface area contributed by atoms with Crippen LogP contribution in [0.1, 0.15) is 50.6 Å². The van der Waals surface area contributed by atoms with Crippen LogP contribution < -0.4 is 14.4 Å². The monoisotopic (exact) mass is 660 g/mol. The van der Waals surface area contributed by atoms with Crippen LogP contribution in [-0.2, 0) is 20.9 Å². The zero-order valence-electron chi connectivity index (χ0n) is 26.5. The van der Waals surface area contributed by atoms with E-state index in [1.54, 1.807) is 56.3 Å². The highest BCUT2D eigenvalue weighted by atomic mass is 32.1. The first-order valence-corrected chi connectivity index (χ1v) is 16.1. The van der Waals surface area contributed by atoms with Gasteiger partial charge in [-0.3, -0.25) is 14.5 Å². The smallest absolute Gasteiger partial charge is 0.350 e. The minimum atomic E-state index is -1.08. The van der Waals surface area contributed by atoms with Crippen molar-refractivity contribution >= 4 is 39.9 Å². The molecule has 1 aromatic heterocycles. The first kappa shape index (κ1) is 32.2. The number of thiazole rings is 1. The molecular formula is C38H32N2O7S. The number of amides is 1. The molecular weight excluding hydrogens is 628 g/mol. The van der Waals surface area contributed by atoms with Gasteiger partial charge in [0, 0.05) is 5.56 Å². The fourth-order valence-electron chi connectivity index (χ4n) is 5.44. The Hall–Kier alpha value is -5.74. The Morgan fingerprint density at radius 3 is 2.31 bits per heavy atom. The number of aliphatic hydroxyl groups is 1. The van der Waals surface area contributed by atoms with Crippen molar-refractivity contribution in [3.8, 4) is 17.2 Å². The van der Waals surface area contributed by atoms with Crippen molar-refractivity contribution in [2.45, 2.75) is 33.4 Å². The lowest BCUT2D eigenvalue weighted by Crippen LogP contribution is -2.29. The lowest BCUT2D eigenvalue weighted by molar-refractivity contribution is -0.132. The molecule has 48 heavy (non-hydrogen) atoms. The molecule has 0 spiro atoms. The van der Waals surface area contributed by atoms with E-state index in [0.29, 0.717) is 40.7 Å². The number of rotatable bonds is 10. The van der Waals surface area contributed by atoms with Crippen LogP contribution in [0.3, 0.4) is 0 Å². The van der Waals surface area contributed by atoms with E-state index in [2.05, 4.69) is 4.98 Å². The van der Waals surface area contributed by atoms with Gasteiger partial charge in [-0.2, -0.15) is 0 Å². The third kappa shape index (κ3) is 6.56. The fourth-order valence-corrected chi connectivity index (χ4v) is 6.43. The van der Waals surface area contributed by atoms with Crippen LogP contribution in [0.2, 0.25) is 0 Å². The Morgan fingerprint density at radius 1 is 0.896 bits per heavy atom. The molecule has 10 heteroatoms. The Kier molecular flexibility index (Phi) is 9.36. The summed E-state index contributed by atoms with van der Waals surface area (Å²) in [5.74, 6) is -1.03. The van der Waals surface area contributed by atoms with Crippen LogP contribution >= 0.6 is 11.3 Å². The Labute approximate surface area is 281 Å². The average molecular weight is 661 g/mol. The number of carbonyl (C=O) groups is 3. The van der Waals surface area contributed by atoms with Gasteiger partial charge in [0.05, 0.1) is 23.9 Å². The molecule has 4 aromatic carbocycles. The van der Waals surface area contributed by atoms with Gasteiger partial charge in [-0.25, -0.2) is 9.78 Å². The maximum Gasteiger partial charge on any atom is 0.350 e. The first-order valence-electron chi connectivity index (χ1n) is 15.3. The molecule has 242 valence electrons. The lowest BCUT2D eigenvalue weighted by atomic mass is 9.94. The zero-order valence-corrected chi connectivity index (χ0v) is 27.3. The number of hydrogen-bond donors (Lipinski definition) is 1. The fraction of sp³-hybridized carbons (Fsp3) is 0.158. The minimum absolute atomic E-state index is 0.122. The molecule has 1 atom stereocenters. The van der Waals surface area contributed by atoms with Gasteiger partial charge in [0.2, 0.25) is 0 Å². The maximum absolute atomic E-state index is 13.8. The molecule has 0 unspecified atom stereocenters. The normalized spacial score (nSPS) is 15.4. The number of para-hydroxylation sites is 1. The standard InChI is InChI=1S/C38H32N2O7S/c1-4-45-37(44)35-24(3)39-38(48-35)40-32(26-14-11-17-29(21-26)47-28-15-9-6-10-16-28)31(34(42)36(40)43)33(41)27-18-19-30(23(2)20-27)46-22-25-12-7-5-8-13-25/h5-21,32,41H,4,22H2,1-3H3/t32-/m0/s1. The van der Waals surface area contributed by atoms with Crippen molar-refractivity contribution in [3.63, 3.8) is 0 Å². The van der Waals surface area contributed by atoms with Crippen LogP contribution in [-0.4, -0.2) is 34.4 Å². The topological polar surface area (TPSA) is 115 Å². The summed E-state index contributed by atoms with van der Waals surface area (Å²) in [5.41, 5.74) is 2.80. The average Bonchev–Trinajstić information content (AvgIpc) is 3.60. The van der Waals surface area contributed by atoms with Crippen molar-refractivity contribution in [3.05, 3.63) is 142 Å². The third-order valence-corrected chi connectivity index (χ3v) is 8.87. The van der Waals surface area contributed by atoms with E-state index in [-0.39, 0.29) is 27.9 Å². The van der Waals surface area contributed by atoms with Gasteiger partial charge in [-0.15, -0.1) is 0 Å². The summed E-state index contributed by atoms with van der Waals surface area (Å²) in [5, 5.41) is 11.9. The second kappa shape index (κ2) is 13.9. The van der Waals surface area contributed by atoms with Gasteiger partial charge in [0.15, 0.2) is 5.13 Å². The molecule has 1 N–H and O–H groups in total. The SMILES string of the molecule is CCOC(=O)c1sc(N2C(=O)C(=O)C(=C(O)c3ccc(OCc4ccccc4)c(C)c3)[C@@H]2c2cccc(Oc3ccccc3)c2)nc1C. The summed E-state index contributed by atoms with van der Waals surface area (Å²) >= 11 is 0.949. The highest BCUT2D eigenvalue weighted by molar-refractivity contribution is 7.17. The van der Waals surface area contributed by atoms with Crippen LogP contribution in [0, 0.1) is 13.8 Å². The third-order valence-electron chi connectivity index (χ3n) is 7.73. The predicted octanol–water partition coefficient (Wildman–Crippen LogP) is 7.93. The quantitative estimate of drug-likeness (QED) is 0.0695. The molecule has 2 heterocycles. The van der Waals surface area contributed by atoms with E-state index in [1.165, 1.54) is 4.90 Å². The number of nitrogens with zero attached hydrogens (tertiary/aromatic N) is 2. The van der Waals surface area contributed by atoms with Crippen LogP contribution in [0.15, 0.2) is 109 Å². The number of aryl methyl sites for hydroxylation is 2. The van der Waals surface area contributed by atoms with Crippen molar-refractivity contribution in [2.24, 2.45) is 0 Å². The molecule has 1 aliphatic rings. The second-order valence-corrected chi connectivity index (χ2v) is 12.0. The van der Waals surface area contributed by atoms with Crippen molar-refractivity contribution in [1.29, 1.82) is 0 Å². The molecule has 0 bridgehead atoms. The van der Waals surface area contributed by atoms with E-state index in [0.717, 1.165) is 22.5 Å². The highest BCUT2D eigenvalue weighted by Gasteiger charge is 2.48. The van der Waals surface area contributed by atoms with E-state index in [4.69, 9.17) is 14.2 Å². The van der Waals surface area contributed by atoms with E-state index in [1.807, 2.05) is 67.6 Å².